The number of benzene rings is 2. The molecule has 3 nitrogen and oxygen atoms in total. The first-order valence-electron chi connectivity index (χ1n) is 6.20. The standard InChI is InChI=1S/C16H18N2O/c1-11-5-3-4-6-14(11)10-19-15-9-13(16(17)18)8-7-12(15)2/h3-9H,10H2,1-2H3,(H3,17,18). The van der Waals surface area contributed by atoms with E-state index in [0.29, 0.717) is 12.2 Å². The monoisotopic (exact) mass is 254 g/mol. The summed E-state index contributed by atoms with van der Waals surface area (Å²) in [6, 6.07) is 13.7. The van der Waals surface area contributed by atoms with E-state index in [4.69, 9.17) is 15.9 Å². The van der Waals surface area contributed by atoms with Crippen LogP contribution in [-0.2, 0) is 6.61 Å². The Hall–Kier alpha value is -2.29. The third kappa shape index (κ3) is 3.13. The highest BCUT2D eigenvalue weighted by molar-refractivity contribution is 5.95. The van der Waals surface area contributed by atoms with Gasteiger partial charge in [0.05, 0.1) is 0 Å². The van der Waals surface area contributed by atoms with Crippen molar-refractivity contribution in [2.24, 2.45) is 5.73 Å². The molecule has 0 fully saturated rings. The summed E-state index contributed by atoms with van der Waals surface area (Å²) in [4.78, 5) is 0. The van der Waals surface area contributed by atoms with Gasteiger partial charge in [-0.25, -0.2) is 0 Å². The first-order chi connectivity index (χ1) is 9.08. The topological polar surface area (TPSA) is 59.1 Å². The van der Waals surface area contributed by atoms with E-state index in [-0.39, 0.29) is 5.84 Å². The third-order valence-corrected chi connectivity index (χ3v) is 3.14. The molecule has 3 heteroatoms. The average Bonchev–Trinajstić information content (AvgIpc) is 2.39. The van der Waals surface area contributed by atoms with Crippen LogP contribution in [0.15, 0.2) is 42.5 Å². The maximum absolute atomic E-state index is 7.46. The molecule has 0 unspecified atom stereocenters. The number of rotatable bonds is 4. The van der Waals surface area contributed by atoms with Crippen LogP contribution in [0.25, 0.3) is 0 Å². The Morgan fingerprint density at radius 1 is 1.11 bits per heavy atom. The van der Waals surface area contributed by atoms with Crippen molar-refractivity contribution in [2.75, 3.05) is 0 Å². The van der Waals surface area contributed by atoms with Crippen molar-refractivity contribution in [2.45, 2.75) is 20.5 Å². The lowest BCUT2D eigenvalue weighted by molar-refractivity contribution is 0.303. The van der Waals surface area contributed by atoms with E-state index < -0.39 is 0 Å². The fourth-order valence-electron chi connectivity index (χ4n) is 1.85. The van der Waals surface area contributed by atoms with Crippen LogP contribution in [0.1, 0.15) is 22.3 Å². The zero-order valence-electron chi connectivity index (χ0n) is 11.2. The number of hydrogen-bond acceptors (Lipinski definition) is 2. The van der Waals surface area contributed by atoms with E-state index >= 15 is 0 Å². The van der Waals surface area contributed by atoms with Crippen LogP contribution in [-0.4, -0.2) is 5.84 Å². The zero-order chi connectivity index (χ0) is 13.8. The lowest BCUT2D eigenvalue weighted by Crippen LogP contribution is -2.11. The maximum atomic E-state index is 7.46. The number of nitrogen functional groups attached to an aromatic ring is 1. The molecule has 0 saturated carbocycles. The Bertz CT molecular complexity index is 605. The number of nitrogens with one attached hydrogen (secondary N) is 1. The summed E-state index contributed by atoms with van der Waals surface area (Å²) >= 11 is 0. The summed E-state index contributed by atoms with van der Waals surface area (Å²) in [6.07, 6.45) is 0. The second-order valence-corrected chi connectivity index (χ2v) is 4.61. The summed E-state index contributed by atoms with van der Waals surface area (Å²) in [5.41, 5.74) is 9.59. The van der Waals surface area contributed by atoms with Gasteiger partial charge < -0.3 is 10.5 Å². The van der Waals surface area contributed by atoms with Crippen LogP contribution >= 0.6 is 0 Å². The molecule has 0 heterocycles. The smallest absolute Gasteiger partial charge is 0.123 e. The minimum atomic E-state index is 0.0562. The molecule has 0 saturated heterocycles. The molecule has 0 radical (unpaired) electrons. The van der Waals surface area contributed by atoms with Crippen LogP contribution in [0.5, 0.6) is 5.75 Å². The van der Waals surface area contributed by atoms with Gasteiger partial charge in [0, 0.05) is 5.56 Å². The van der Waals surface area contributed by atoms with Crippen LogP contribution in [0.4, 0.5) is 0 Å². The molecular weight excluding hydrogens is 236 g/mol. The number of nitrogens with two attached hydrogens (primary N) is 1. The van der Waals surface area contributed by atoms with E-state index in [2.05, 4.69) is 19.1 Å². The predicted octanol–water partition coefficient (Wildman–Crippen LogP) is 3.17. The number of hydrogen-bond donors (Lipinski definition) is 2. The maximum Gasteiger partial charge on any atom is 0.123 e. The Morgan fingerprint density at radius 2 is 1.84 bits per heavy atom. The van der Waals surface area contributed by atoms with Gasteiger partial charge in [0.2, 0.25) is 0 Å². The van der Waals surface area contributed by atoms with Gasteiger partial charge in [-0.15, -0.1) is 0 Å². The van der Waals surface area contributed by atoms with Gasteiger partial charge >= 0.3 is 0 Å². The Morgan fingerprint density at radius 3 is 2.53 bits per heavy atom. The lowest BCUT2D eigenvalue weighted by atomic mass is 10.1. The number of aryl methyl sites for hydroxylation is 2. The van der Waals surface area contributed by atoms with E-state index in [1.807, 2.05) is 37.3 Å². The fraction of sp³-hybridized carbons (Fsp3) is 0.188. The lowest BCUT2D eigenvalue weighted by Gasteiger charge is -2.12. The minimum Gasteiger partial charge on any atom is -0.489 e. The van der Waals surface area contributed by atoms with E-state index in [1.54, 1.807) is 0 Å². The summed E-state index contributed by atoms with van der Waals surface area (Å²) in [5.74, 6) is 0.830. The van der Waals surface area contributed by atoms with Crippen molar-refractivity contribution in [3.8, 4) is 5.75 Å². The van der Waals surface area contributed by atoms with Crippen molar-refractivity contribution < 1.29 is 4.74 Å². The molecule has 0 aliphatic heterocycles. The van der Waals surface area contributed by atoms with Gasteiger partial charge in [0.1, 0.15) is 18.2 Å². The Kier molecular flexibility index (Phi) is 3.85. The van der Waals surface area contributed by atoms with Crippen molar-refractivity contribution >= 4 is 5.84 Å². The fourth-order valence-corrected chi connectivity index (χ4v) is 1.85. The molecule has 0 spiro atoms. The van der Waals surface area contributed by atoms with Gasteiger partial charge in [-0.2, -0.15) is 0 Å². The minimum absolute atomic E-state index is 0.0562. The summed E-state index contributed by atoms with van der Waals surface area (Å²) in [5, 5.41) is 7.46. The first-order valence-corrected chi connectivity index (χ1v) is 6.20. The molecule has 98 valence electrons. The molecular formula is C16H18N2O. The normalized spacial score (nSPS) is 10.2. The van der Waals surface area contributed by atoms with Crippen molar-refractivity contribution in [1.29, 1.82) is 5.41 Å². The molecule has 2 rings (SSSR count). The largest absolute Gasteiger partial charge is 0.489 e. The summed E-state index contributed by atoms with van der Waals surface area (Å²) in [6.45, 7) is 4.57. The quantitative estimate of drug-likeness (QED) is 0.650. The van der Waals surface area contributed by atoms with Crippen LogP contribution < -0.4 is 10.5 Å². The summed E-state index contributed by atoms with van der Waals surface area (Å²) < 4.78 is 5.84. The average molecular weight is 254 g/mol. The Labute approximate surface area is 113 Å². The Balaban J connectivity index is 2.17. The molecule has 0 aliphatic carbocycles. The second kappa shape index (κ2) is 5.57. The second-order valence-electron chi connectivity index (χ2n) is 4.61. The highest BCUT2D eigenvalue weighted by Crippen LogP contribution is 2.21. The van der Waals surface area contributed by atoms with Crippen LogP contribution in [0.2, 0.25) is 0 Å². The molecule has 0 amide bonds. The van der Waals surface area contributed by atoms with Gasteiger partial charge in [-0.05, 0) is 36.6 Å². The molecule has 2 aromatic carbocycles. The van der Waals surface area contributed by atoms with Crippen molar-refractivity contribution in [1.82, 2.24) is 0 Å². The van der Waals surface area contributed by atoms with Gasteiger partial charge in [0.15, 0.2) is 0 Å². The van der Waals surface area contributed by atoms with E-state index in [1.165, 1.54) is 5.56 Å². The number of ether oxygens (including phenoxy) is 1. The molecule has 0 aliphatic rings. The molecule has 0 atom stereocenters. The van der Waals surface area contributed by atoms with Crippen LogP contribution in [0, 0.1) is 19.3 Å². The van der Waals surface area contributed by atoms with Crippen molar-refractivity contribution in [3.63, 3.8) is 0 Å². The van der Waals surface area contributed by atoms with Crippen LogP contribution in [0.3, 0.4) is 0 Å². The SMILES string of the molecule is Cc1ccccc1COc1cc(C(=N)N)ccc1C. The van der Waals surface area contributed by atoms with Gasteiger partial charge in [0.25, 0.3) is 0 Å². The molecule has 0 aromatic heterocycles. The summed E-state index contributed by atoms with van der Waals surface area (Å²) in [7, 11) is 0. The van der Waals surface area contributed by atoms with Gasteiger partial charge in [-0.3, -0.25) is 5.41 Å². The van der Waals surface area contributed by atoms with Gasteiger partial charge in [-0.1, -0.05) is 36.4 Å². The molecule has 0 bridgehead atoms. The third-order valence-electron chi connectivity index (χ3n) is 3.14. The molecule has 3 N–H and O–H groups in total. The first kappa shape index (κ1) is 13.1. The molecule has 19 heavy (non-hydrogen) atoms. The van der Waals surface area contributed by atoms with E-state index in [9.17, 15) is 0 Å². The number of amidine groups is 1. The highest BCUT2D eigenvalue weighted by Gasteiger charge is 2.05. The highest BCUT2D eigenvalue weighted by atomic mass is 16.5. The van der Waals surface area contributed by atoms with E-state index in [0.717, 1.165) is 16.9 Å². The van der Waals surface area contributed by atoms with Crippen molar-refractivity contribution in [3.05, 3.63) is 64.7 Å². The predicted molar refractivity (Wildman–Crippen MR) is 77.7 cm³/mol. The zero-order valence-corrected chi connectivity index (χ0v) is 11.2. The molecule has 2 aromatic rings.